The molecule has 3 rings (SSSR count). The van der Waals surface area contributed by atoms with E-state index in [-0.39, 0.29) is 29.7 Å². The minimum absolute atomic E-state index is 0.0204. The number of nitrogens with one attached hydrogen (secondary N) is 2. The van der Waals surface area contributed by atoms with E-state index in [9.17, 15) is 14.0 Å². The van der Waals surface area contributed by atoms with E-state index in [0.717, 1.165) is 18.4 Å². The molecule has 1 amide bonds. The van der Waals surface area contributed by atoms with Crippen LogP contribution in [0.1, 0.15) is 30.2 Å². The Kier molecular flexibility index (Phi) is 7.79. The zero-order valence-electron chi connectivity index (χ0n) is 16.7. The Labute approximate surface area is 179 Å². The number of thioether (sulfide) groups is 1. The molecule has 0 bridgehead atoms. The molecule has 156 valence electrons. The molecule has 0 saturated heterocycles. The zero-order chi connectivity index (χ0) is 21.3. The van der Waals surface area contributed by atoms with E-state index in [1.54, 1.807) is 12.1 Å². The summed E-state index contributed by atoms with van der Waals surface area (Å²) in [6.45, 7) is 1.97. The maximum Gasteiger partial charge on any atom is 0.251 e. The highest BCUT2D eigenvalue weighted by atomic mass is 32.2. The predicted octanol–water partition coefficient (Wildman–Crippen LogP) is 3.88. The zero-order valence-corrected chi connectivity index (χ0v) is 17.5. The van der Waals surface area contributed by atoms with Gasteiger partial charge in [-0.25, -0.2) is 9.37 Å². The number of hydrogen-bond donors (Lipinski definition) is 2. The maximum atomic E-state index is 13.0. The van der Waals surface area contributed by atoms with E-state index < -0.39 is 0 Å². The first-order chi connectivity index (χ1) is 14.5. The lowest BCUT2D eigenvalue weighted by Gasteiger charge is -2.14. The molecular weight excluding hydrogens is 401 g/mol. The van der Waals surface area contributed by atoms with E-state index in [1.807, 2.05) is 25.1 Å². The standard InChI is InChI=1S/C23H24FN3O2S/c1-16(7-8-17-5-3-2-4-6-17)25-21(28)13-20-14-22(29)27-23(26-20)30-15-18-9-11-19(24)12-10-18/h2-6,9-12,14,16H,7-8,13,15H2,1H3,(H,25,28)(H,26,27,29)/t16-/m0/s1. The molecule has 30 heavy (non-hydrogen) atoms. The largest absolute Gasteiger partial charge is 0.353 e. The van der Waals surface area contributed by atoms with E-state index >= 15 is 0 Å². The third-order valence-electron chi connectivity index (χ3n) is 4.52. The summed E-state index contributed by atoms with van der Waals surface area (Å²) in [5.74, 6) is 0.0829. The molecular formula is C23H24FN3O2S. The number of aromatic amines is 1. The third-order valence-corrected chi connectivity index (χ3v) is 5.46. The first kappa shape index (κ1) is 21.8. The second kappa shape index (κ2) is 10.7. The fourth-order valence-electron chi connectivity index (χ4n) is 2.97. The summed E-state index contributed by atoms with van der Waals surface area (Å²) in [5.41, 5.74) is 2.27. The van der Waals surface area contributed by atoms with Gasteiger partial charge in [0, 0.05) is 17.9 Å². The quantitative estimate of drug-likeness (QED) is 0.403. The number of aromatic nitrogens is 2. The van der Waals surface area contributed by atoms with Crippen LogP contribution in [0.2, 0.25) is 0 Å². The van der Waals surface area contributed by atoms with E-state index in [4.69, 9.17) is 0 Å². The Bertz CT molecular complexity index is 1020. The van der Waals surface area contributed by atoms with Crippen molar-refractivity contribution in [2.45, 2.75) is 43.1 Å². The van der Waals surface area contributed by atoms with Crippen LogP contribution >= 0.6 is 11.8 Å². The molecule has 0 aliphatic heterocycles. The van der Waals surface area contributed by atoms with Crippen LogP contribution in [-0.4, -0.2) is 21.9 Å². The Hall–Kier alpha value is -2.93. The molecule has 2 N–H and O–H groups in total. The van der Waals surface area contributed by atoms with Gasteiger partial charge in [-0.05, 0) is 43.0 Å². The molecule has 0 fully saturated rings. The summed E-state index contributed by atoms with van der Waals surface area (Å²) in [4.78, 5) is 31.4. The van der Waals surface area contributed by atoms with Crippen LogP contribution < -0.4 is 10.9 Å². The number of halogens is 1. The summed E-state index contributed by atoms with van der Waals surface area (Å²) >= 11 is 1.33. The lowest BCUT2D eigenvalue weighted by molar-refractivity contribution is -0.121. The highest BCUT2D eigenvalue weighted by Crippen LogP contribution is 2.18. The van der Waals surface area contributed by atoms with Gasteiger partial charge in [-0.1, -0.05) is 54.2 Å². The number of hydrogen-bond acceptors (Lipinski definition) is 4. The SMILES string of the molecule is C[C@@H](CCc1ccccc1)NC(=O)Cc1cc(=O)[nH]c(SCc2ccc(F)cc2)n1. The second-order valence-corrected chi connectivity index (χ2v) is 8.09. The van der Waals surface area contributed by atoms with Gasteiger partial charge in [-0.3, -0.25) is 9.59 Å². The molecule has 7 heteroatoms. The summed E-state index contributed by atoms with van der Waals surface area (Å²) in [7, 11) is 0. The van der Waals surface area contributed by atoms with Crippen LogP contribution in [0.3, 0.4) is 0 Å². The first-order valence-corrected chi connectivity index (χ1v) is 10.8. The monoisotopic (exact) mass is 425 g/mol. The Morgan fingerprint density at radius 3 is 2.60 bits per heavy atom. The number of amides is 1. The van der Waals surface area contributed by atoms with Crippen molar-refractivity contribution >= 4 is 17.7 Å². The van der Waals surface area contributed by atoms with Crippen molar-refractivity contribution in [3.63, 3.8) is 0 Å². The van der Waals surface area contributed by atoms with Gasteiger partial charge in [0.1, 0.15) is 5.82 Å². The topological polar surface area (TPSA) is 74.8 Å². The van der Waals surface area contributed by atoms with E-state index in [2.05, 4.69) is 27.4 Å². The number of nitrogens with zero attached hydrogens (tertiary/aromatic N) is 1. The first-order valence-electron chi connectivity index (χ1n) is 9.79. The van der Waals surface area contributed by atoms with Gasteiger partial charge < -0.3 is 10.3 Å². The van der Waals surface area contributed by atoms with Gasteiger partial charge in [0.15, 0.2) is 5.16 Å². The number of H-pyrrole nitrogens is 1. The van der Waals surface area contributed by atoms with Crippen LogP contribution in [0.15, 0.2) is 70.6 Å². The predicted molar refractivity (Wildman–Crippen MR) is 117 cm³/mol. The van der Waals surface area contributed by atoms with Crippen molar-refractivity contribution in [3.05, 3.63) is 93.7 Å². The molecule has 0 aliphatic rings. The number of rotatable bonds is 9. The minimum Gasteiger partial charge on any atom is -0.353 e. The van der Waals surface area contributed by atoms with Gasteiger partial charge in [-0.15, -0.1) is 0 Å². The Balaban J connectivity index is 1.51. The van der Waals surface area contributed by atoms with Crippen LogP contribution in [0.4, 0.5) is 4.39 Å². The highest BCUT2D eigenvalue weighted by Gasteiger charge is 2.11. The lowest BCUT2D eigenvalue weighted by atomic mass is 10.1. The van der Waals surface area contributed by atoms with Crippen LogP contribution in [0, 0.1) is 5.82 Å². The number of carbonyl (C=O) groups excluding carboxylic acids is 1. The van der Waals surface area contributed by atoms with Crippen molar-refractivity contribution in [2.24, 2.45) is 0 Å². The van der Waals surface area contributed by atoms with Crippen LogP contribution in [0.25, 0.3) is 0 Å². The second-order valence-electron chi connectivity index (χ2n) is 7.13. The molecule has 0 saturated carbocycles. The van der Waals surface area contributed by atoms with Crippen molar-refractivity contribution < 1.29 is 9.18 Å². The summed E-state index contributed by atoms with van der Waals surface area (Å²) in [6.07, 6.45) is 1.76. The van der Waals surface area contributed by atoms with E-state index in [0.29, 0.717) is 16.6 Å². The molecule has 1 heterocycles. The van der Waals surface area contributed by atoms with Crippen molar-refractivity contribution in [2.75, 3.05) is 0 Å². The van der Waals surface area contributed by atoms with E-state index in [1.165, 1.54) is 35.5 Å². The van der Waals surface area contributed by atoms with Crippen LogP contribution in [-0.2, 0) is 23.4 Å². The summed E-state index contributed by atoms with van der Waals surface area (Å²) in [6, 6.07) is 17.7. The Morgan fingerprint density at radius 1 is 1.13 bits per heavy atom. The smallest absolute Gasteiger partial charge is 0.251 e. The van der Waals surface area contributed by atoms with Gasteiger partial charge in [0.05, 0.1) is 12.1 Å². The lowest BCUT2D eigenvalue weighted by Crippen LogP contribution is -2.34. The average Bonchev–Trinajstić information content (AvgIpc) is 2.72. The molecule has 5 nitrogen and oxygen atoms in total. The number of aryl methyl sites for hydroxylation is 1. The van der Waals surface area contributed by atoms with Crippen molar-refractivity contribution in [1.29, 1.82) is 0 Å². The van der Waals surface area contributed by atoms with Gasteiger partial charge in [-0.2, -0.15) is 0 Å². The molecule has 0 aliphatic carbocycles. The Morgan fingerprint density at radius 2 is 1.87 bits per heavy atom. The third kappa shape index (κ3) is 7.15. The average molecular weight is 426 g/mol. The highest BCUT2D eigenvalue weighted by molar-refractivity contribution is 7.98. The molecule has 3 aromatic rings. The minimum atomic E-state index is -0.300. The molecule has 1 aromatic heterocycles. The maximum absolute atomic E-state index is 13.0. The molecule has 1 atom stereocenters. The molecule has 0 radical (unpaired) electrons. The fourth-order valence-corrected chi connectivity index (χ4v) is 3.82. The summed E-state index contributed by atoms with van der Waals surface area (Å²) in [5, 5.41) is 3.40. The van der Waals surface area contributed by atoms with Crippen LogP contribution in [0.5, 0.6) is 0 Å². The normalized spacial score (nSPS) is 11.8. The van der Waals surface area contributed by atoms with Gasteiger partial charge >= 0.3 is 0 Å². The summed E-state index contributed by atoms with van der Waals surface area (Å²) < 4.78 is 13.0. The van der Waals surface area contributed by atoms with Gasteiger partial charge in [0.2, 0.25) is 5.91 Å². The van der Waals surface area contributed by atoms with Gasteiger partial charge in [0.25, 0.3) is 5.56 Å². The van der Waals surface area contributed by atoms with Crippen molar-refractivity contribution in [3.8, 4) is 0 Å². The fraction of sp³-hybridized carbons (Fsp3) is 0.261. The number of benzene rings is 2. The number of carbonyl (C=O) groups is 1. The molecule has 0 unspecified atom stereocenters. The molecule has 0 spiro atoms. The molecule has 2 aromatic carbocycles. The van der Waals surface area contributed by atoms with Crippen molar-refractivity contribution in [1.82, 2.24) is 15.3 Å².